The minimum absolute atomic E-state index is 0.0513. The second-order valence-electron chi connectivity index (χ2n) is 4.75. The van der Waals surface area contributed by atoms with Gasteiger partial charge in [0, 0.05) is 11.3 Å². The Morgan fingerprint density at radius 1 is 1.30 bits per heavy atom. The van der Waals surface area contributed by atoms with E-state index >= 15 is 0 Å². The van der Waals surface area contributed by atoms with E-state index in [0.29, 0.717) is 21.4 Å². The van der Waals surface area contributed by atoms with Gasteiger partial charge in [-0.2, -0.15) is 0 Å². The van der Waals surface area contributed by atoms with Crippen molar-refractivity contribution in [3.05, 3.63) is 53.1 Å². The van der Waals surface area contributed by atoms with E-state index in [0.717, 1.165) is 12.2 Å². The van der Waals surface area contributed by atoms with Crippen molar-refractivity contribution in [1.29, 1.82) is 0 Å². The number of hydrogen-bond acceptors (Lipinski definition) is 3. The number of nitrogen functional groups attached to an aromatic ring is 1. The number of anilines is 1. The number of rotatable bonds is 3. The Labute approximate surface area is 125 Å². The van der Waals surface area contributed by atoms with Crippen LogP contribution in [0, 0.1) is 0 Å². The smallest absolute Gasteiger partial charge is 0.123 e. The van der Waals surface area contributed by atoms with E-state index in [2.05, 4.69) is 0 Å². The fraction of sp³-hybridized carbons (Fsp3) is 0.200. The van der Waals surface area contributed by atoms with Crippen LogP contribution in [0.15, 0.2) is 47.4 Å². The number of halogens is 1. The summed E-state index contributed by atoms with van der Waals surface area (Å²) in [6.07, 6.45) is 0.745. The standard InChI is InChI=1S/C15H14ClNO2S/c16-13-8-12(5-6-14(13)17)20(18)9-11-7-10-3-1-2-4-15(10)19-11/h1-6,8,11H,7,9,17H2. The number of ether oxygens (including phenoxy) is 1. The number of fused-ring (bicyclic) bond motifs is 1. The van der Waals surface area contributed by atoms with E-state index in [4.69, 9.17) is 22.1 Å². The van der Waals surface area contributed by atoms with Gasteiger partial charge in [-0.05, 0) is 29.8 Å². The number of para-hydroxylation sites is 1. The van der Waals surface area contributed by atoms with E-state index in [9.17, 15) is 4.21 Å². The minimum atomic E-state index is -1.15. The number of nitrogens with two attached hydrogens (primary N) is 1. The summed E-state index contributed by atoms with van der Waals surface area (Å²) in [7, 11) is -1.15. The van der Waals surface area contributed by atoms with Crippen molar-refractivity contribution in [1.82, 2.24) is 0 Å². The van der Waals surface area contributed by atoms with Crippen LogP contribution in [0.2, 0.25) is 5.02 Å². The Morgan fingerprint density at radius 2 is 2.10 bits per heavy atom. The fourth-order valence-corrected chi connectivity index (χ4v) is 3.69. The zero-order valence-corrected chi connectivity index (χ0v) is 12.3. The summed E-state index contributed by atoms with van der Waals surface area (Å²) in [5, 5.41) is 0.437. The molecule has 2 unspecified atom stereocenters. The highest BCUT2D eigenvalue weighted by atomic mass is 35.5. The lowest BCUT2D eigenvalue weighted by atomic mass is 10.1. The largest absolute Gasteiger partial charge is 0.489 e. The molecule has 1 aliphatic rings. The molecule has 20 heavy (non-hydrogen) atoms. The predicted octanol–water partition coefficient (Wildman–Crippen LogP) is 3.03. The summed E-state index contributed by atoms with van der Waals surface area (Å²) in [4.78, 5) is 0.684. The van der Waals surface area contributed by atoms with Crippen molar-refractivity contribution >= 4 is 28.1 Å². The first kappa shape index (κ1) is 13.5. The minimum Gasteiger partial charge on any atom is -0.489 e. The van der Waals surface area contributed by atoms with E-state index in [1.165, 1.54) is 5.56 Å². The first-order valence-electron chi connectivity index (χ1n) is 6.31. The molecule has 2 aromatic carbocycles. The summed E-state index contributed by atoms with van der Waals surface area (Å²) >= 11 is 5.96. The molecule has 2 aromatic rings. The third-order valence-corrected chi connectivity index (χ3v) is 5.07. The van der Waals surface area contributed by atoms with E-state index in [1.54, 1.807) is 18.2 Å². The lowest BCUT2D eigenvalue weighted by Gasteiger charge is -2.11. The molecule has 0 bridgehead atoms. The van der Waals surface area contributed by atoms with Crippen LogP contribution < -0.4 is 10.5 Å². The van der Waals surface area contributed by atoms with Gasteiger partial charge in [-0.15, -0.1) is 0 Å². The molecule has 0 amide bonds. The Balaban J connectivity index is 1.70. The third-order valence-electron chi connectivity index (χ3n) is 3.29. The van der Waals surface area contributed by atoms with Gasteiger partial charge in [0.1, 0.15) is 11.9 Å². The number of hydrogen-bond donors (Lipinski definition) is 1. The van der Waals surface area contributed by atoms with Gasteiger partial charge in [0.25, 0.3) is 0 Å². The van der Waals surface area contributed by atoms with Gasteiger partial charge in [0.05, 0.1) is 27.3 Å². The Bertz CT molecular complexity index is 650. The van der Waals surface area contributed by atoms with Gasteiger partial charge in [-0.1, -0.05) is 29.8 Å². The van der Waals surface area contributed by atoms with Crippen LogP contribution in [-0.4, -0.2) is 16.1 Å². The molecule has 0 aromatic heterocycles. The molecule has 0 spiro atoms. The average molecular weight is 308 g/mol. The van der Waals surface area contributed by atoms with Crippen LogP contribution in [0.25, 0.3) is 0 Å². The van der Waals surface area contributed by atoms with Crippen molar-refractivity contribution in [2.45, 2.75) is 17.4 Å². The maximum atomic E-state index is 12.3. The zero-order valence-electron chi connectivity index (χ0n) is 10.7. The van der Waals surface area contributed by atoms with Crippen LogP contribution in [0.4, 0.5) is 5.69 Å². The Morgan fingerprint density at radius 3 is 2.85 bits per heavy atom. The highest BCUT2D eigenvalue weighted by Crippen LogP contribution is 2.29. The molecule has 2 N–H and O–H groups in total. The highest BCUT2D eigenvalue weighted by molar-refractivity contribution is 7.85. The monoisotopic (exact) mass is 307 g/mol. The van der Waals surface area contributed by atoms with E-state index in [1.807, 2.05) is 24.3 Å². The van der Waals surface area contributed by atoms with Crippen LogP contribution in [-0.2, 0) is 17.2 Å². The van der Waals surface area contributed by atoms with Gasteiger partial charge in [0.2, 0.25) is 0 Å². The summed E-state index contributed by atoms with van der Waals surface area (Å²) in [6, 6.07) is 13.0. The lowest BCUT2D eigenvalue weighted by molar-refractivity contribution is 0.258. The summed E-state index contributed by atoms with van der Waals surface area (Å²) < 4.78 is 18.1. The molecule has 3 rings (SSSR count). The molecule has 2 atom stereocenters. The van der Waals surface area contributed by atoms with E-state index < -0.39 is 10.8 Å². The van der Waals surface area contributed by atoms with Crippen LogP contribution in [0.3, 0.4) is 0 Å². The third kappa shape index (κ3) is 2.67. The summed E-state index contributed by atoms with van der Waals surface area (Å²) in [6.45, 7) is 0. The average Bonchev–Trinajstić information content (AvgIpc) is 2.83. The van der Waals surface area contributed by atoms with Gasteiger partial charge >= 0.3 is 0 Å². The van der Waals surface area contributed by atoms with Gasteiger partial charge in [0.15, 0.2) is 0 Å². The zero-order chi connectivity index (χ0) is 14.1. The van der Waals surface area contributed by atoms with Crippen molar-refractivity contribution in [3.8, 4) is 5.75 Å². The molecule has 3 nitrogen and oxygen atoms in total. The fourth-order valence-electron chi connectivity index (χ4n) is 2.26. The van der Waals surface area contributed by atoms with Crippen molar-refractivity contribution in [2.75, 3.05) is 11.5 Å². The lowest BCUT2D eigenvalue weighted by Crippen LogP contribution is -2.21. The molecule has 0 fully saturated rings. The summed E-state index contributed by atoms with van der Waals surface area (Å²) in [5.74, 6) is 1.35. The molecule has 0 saturated carbocycles. The maximum Gasteiger partial charge on any atom is 0.123 e. The molecule has 1 aliphatic heterocycles. The predicted molar refractivity (Wildman–Crippen MR) is 81.7 cm³/mol. The van der Waals surface area contributed by atoms with Gasteiger partial charge in [-0.3, -0.25) is 4.21 Å². The topological polar surface area (TPSA) is 52.3 Å². The van der Waals surface area contributed by atoms with Crippen LogP contribution in [0.1, 0.15) is 5.56 Å². The number of benzene rings is 2. The van der Waals surface area contributed by atoms with Crippen LogP contribution >= 0.6 is 11.6 Å². The Hall–Kier alpha value is -1.52. The van der Waals surface area contributed by atoms with Crippen molar-refractivity contribution in [2.24, 2.45) is 0 Å². The SMILES string of the molecule is Nc1ccc(S(=O)CC2Cc3ccccc3O2)cc1Cl. The second-order valence-corrected chi connectivity index (χ2v) is 6.65. The van der Waals surface area contributed by atoms with Gasteiger partial charge < -0.3 is 10.5 Å². The first-order valence-corrected chi connectivity index (χ1v) is 8.01. The van der Waals surface area contributed by atoms with Crippen molar-refractivity contribution in [3.63, 3.8) is 0 Å². The first-order chi connectivity index (χ1) is 9.63. The molecule has 5 heteroatoms. The molecular formula is C15H14ClNO2S. The van der Waals surface area contributed by atoms with Crippen molar-refractivity contribution < 1.29 is 8.95 Å². The molecule has 104 valence electrons. The highest BCUT2D eigenvalue weighted by Gasteiger charge is 2.24. The normalized spacial score (nSPS) is 18.4. The van der Waals surface area contributed by atoms with Gasteiger partial charge in [-0.25, -0.2) is 0 Å². The summed E-state index contributed by atoms with van der Waals surface area (Å²) in [5.41, 5.74) is 7.32. The molecule has 0 aliphatic carbocycles. The molecular weight excluding hydrogens is 294 g/mol. The van der Waals surface area contributed by atoms with E-state index in [-0.39, 0.29) is 6.10 Å². The quantitative estimate of drug-likeness (QED) is 0.887. The molecule has 0 radical (unpaired) electrons. The van der Waals surface area contributed by atoms with Crippen LogP contribution in [0.5, 0.6) is 5.75 Å². The molecule has 0 saturated heterocycles. The maximum absolute atomic E-state index is 12.3. The Kier molecular flexibility index (Phi) is 3.68. The molecule has 1 heterocycles. The second kappa shape index (κ2) is 5.46.